The van der Waals surface area contributed by atoms with Gasteiger partial charge in [-0.1, -0.05) is 39.3 Å². The number of hydrogen-bond donors (Lipinski definition) is 0. The topological polar surface area (TPSA) is 59.2 Å². The molecule has 0 aliphatic heterocycles. The Balaban J connectivity index is 1.65. The second-order valence-corrected chi connectivity index (χ2v) is 7.69. The average Bonchev–Trinajstić information content (AvgIpc) is 3.19. The summed E-state index contributed by atoms with van der Waals surface area (Å²) >= 11 is 3.31. The Labute approximate surface area is 181 Å². The van der Waals surface area contributed by atoms with E-state index in [0.717, 1.165) is 4.47 Å². The molecule has 1 aromatic heterocycles. The summed E-state index contributed by atoms with van der Waals surface area (Å²) in [6.45, 7) is 5.73. The van der Waals surface area contributed by atoms with Gasteiger partial charge in [-0.15, -0.1) is 6.58 Å². The summed E-state index contributed by atoms with van der Waals surface area (Å²) < 4.78 is 33.7. The van der Waals surface area contributed by atoms with Crippen molar-refractivity contribution in [3.63, 3.8) is 0 Å². The lowest BCUT2D eigenvalue weighted by molar-refractivity contribution is -0.131. The first kappa shape index (κ1) is 21.8. The fourth-order valence-electron chi connectivity index (χ4n) is 2.86. The van der Waals surface area contributed by atoms with Gasteiger partial charge in [0.1, 0.15) is 11.6 Å². The van der Waals surface area contributed by atoms with Gasteiger partial charge in [0.2, 0.25) is 17.6 Å². The number of amides is 1. The molecule has 0 aliphatic carbocycles. The first-order valence-electron chi connectivity index (χ1n) is 9.29. The Kier molecular flexibility index (Phi) is 7.10. The number of benzene rings is 2. The van der Waals surface area contributed by atoms with Crippen LogP contribution in [0.3, 0.4) is 0 Å². The van der Waals surface area contributed by atoms with Crippen LogP contribution in [0.1, 0.15) is 23.4 Å². The van der Waals surface area contributed by atoms with Crippen molar-refractivity contribution >= 4 is 21.8 Å². The number of rotatable bonds is 8. The summed E-state index contributed by atoms with van der Waals surface area (Å²) in [4.78, 5) is 18.4. The highest BCUT2D eigenvalue weighted by atomic mass is 79.9. The molecular formula is C22H20BrF2N3O2. The molecule has 0 radical (unpaired) electrons. The van der Waals surface area contributed by atoms with E-state index in [1.807, 2.05) is 0 Å². The molecule has 0 fully saturated rings. The SMILES string of the molecule is C=CCN(Cc1cc(Br)ccc1F)C(=O)CCc1nc(-c2ccc(C)c(F)c2)no1. The van der Waals surface area contributed by atoms with Crippen molar-refractivity contribution in [1.82, 2.24) is 15.0 Å². The number of carbonyl (C=O) groups is 1. The summed E-state index contributed by atoms with van der Waals surface area (Å²) in [5, 5.41) is 3.86. The first-order valence-corrected chi connectivity index (χ1v) is 10.1. The van der Waals surface area contributed by atoms with Crippen LogP contribution < -0.4 is 0 Å². The third kappa shape index (κ3) is 5.38. The maximum atomic E-state index is 14.1. The van der Waals surface area contributed by atoms with Gasteiger partial charge < -0.3 is 9.42 Å². The van der Waals surface area contributed by atoms with E-state index in [2.05, 4.69) is 32.6 Å². The van der Waals surface area contributed by atoms with E-state index in [1.54, 1.807) is 37.3 Å². The number of aryl methyl sites for hydroxylation is 2. The zero-order valence-corrected chi connectivity index (χ0v) is 18.0. The molecule has 1 heterocycles. The third-order valence-corrected chi connectivity index (χ3v) is 5.02. The van der Waals surface area contributed by atoms with E-state index >= 15 is 0 Å². The van der Waals surface area contributed by atoms with Gasteiger partial charge in [0.05, 0.1) is 0 Å². The van der Waals surface area contributed by atoms with Crippen LogP contribution in [0, 0.1) is 18.6 Å². The molecule has 3 aromatic rings. The Morgan fingerprint density at radius 2 is 2.03 bits per heavy atom. The number of hydrogen-bond acceptors (Lipinski definition) is 4. The highest BCUT2D eigenvalue weighted by Crippen LogP contribution is 2.20. The van der Waals surface area contributed by atoms with Gasteiger partial charge in [-0.3, -0.25) is 4.79 Å². The molecule has 30 heavy (non-hydrogen) atoms. The summed E-state index contributed by atoms with van der Waals surface area (Å²) in [5.74, 6) is -0.404. The summed E-state index contributed by atoms with van der Waals surface area (Å²) in [5.41, 5.74) is 1.43. The minimum Gasteiger partial charge on any atom is -0.339 e. The van der Waals surface area contributed by atoms with Crippen LogP contribution in [0.25, 0.3) is 11.4 Å². The molecule has 0 N–H and O–H groups in total. The smallest absolute Gasteiger partial charge is 0.227 e. The number of aromatic nitrogens is 2. The lowest BCUT2D eigenvalue weighted by Crippen LogP contribution is -2.31. The van der Waals surface area contributed by atoms with Gasteiger partial charge in [-0.05, 0) is 36.8 Å². The molecule has 0 aliphatic rings. The molecule has 0 saturated carbocycles. The zero-order chi connectivity index (χ0) is 21.7. The molecule has 5 nitrogen and oxygen atoms in total. The van der Waals surface area contributed by atoms with Crippen LogP contribution in [-0.4, -0.2) is 27.5 Å². The van der Waals surface area contributed by atoms with E-state index in [0.29, 0.717) is 16.7 Å². The summed E-state index contributed by atoms with van der Waals surface area (Å²) in [6, 6.07) is 9.28. The molecule has 3 rings (SSSR count). The third-order valence-electron chi connectivity index (χ3n) is 4.52. The minimum atomic E-state index is -0.382. The van der Waals surface area contributed by atoms with E-state index in [1.165, 1.54) is 17.0 Å². The molecule has 0 saturated heterocycles. The van der Waals surface area contributed by atoms with Gasteiger partial charge in [0, 0.05) is 41.5 Å². The van der Waals surface area contributed by atoms with Crippen molar-refractivity contribution in [2.45, 2.75) is 26.3 Å². The van der Waals surface area contributed by atoms with Crippen molar-refractivity contribution < 1.29 is 18.1 Å². The normalized spacial score (nSPS) is 10.8. The highest BCUT2D eigenvalue weighted by Gasteiger charge is 2.17. The predicted octanol–water partition coefficient (Wildman–Crippen LogP) is 5.23. The Morgan fingerprint density at radius 1 is 1.23 bits per heavy atom. The van der Waals surface area contributed by atoms with Crippen molar-refractivity contribution in [1.29, 1.82) is 0 Å². The predicted molar refractivity (Wildman–Crippen MR) is 112 cm³/mol. The molecule has 1 amide bonds. The molecule has 0 bridgehead atoms. The van der Waals surface area contributed by atoms with Crippen LogP contribution in [0.4, 0.5) is 8.78 Å². The van der Waals surface area contributed by atoms with Crippen molar-refractivity contribution in [3.8, 4) is 11.4 Å². The van der Waals surface area contributed by atoms with E-state index in [-0.39, 0.29) is 55.2 Å². The minimum absolute atomic E-state index is 0.105. The standard InChI is InChI=1S/C22H20BrF2N3O2/c1-3-10-28(13-16-11-17(23)6-7-18(16)24)21(29)9-8-20-26-22(27-30-20)15-5-4-14(2)19(25)12-15/h3-7,11-12H,1,8-10,13H2,2H3. The summed E-state index contributed by atoms with van der Waals surface area (Å²) in [6.07, 6.45) is 1.91. The first-order chi connectivity index (χ1) is 14.4. The van der Waals surface area contributed by atoms with Gasteiger partial charge in [-0.2, -0.15) is 4.98 Å². The molecule has 8 heteroatoms. The van der Waals surface area contributed by atoms with E-state index < -0.39 is 0 Å². The zero-order valence-electron chi connectivity index (χ0n) is 16.4. The Hall–Kier alpha value is -2.87. The van der Waals surface area contributed by atoms with E-state index in [9.17, 15) is 13.6 Å². The lowest BCUT2D eigenvalue weighted by atomic mass is 10.1. The molecule has 156 valence electrons. The Bertz CT molecular complexity index is 1070. The van der Waals surface area contributed by atoms with Crippen molar-refractivity contribution in [3.05, 3.63) is 82.2 Å². The van der Waals surface area contributed by atoms with Crippen molar-refractivity contribution in [2.75, 3.05) is 6.54 Å². The number of carbonyl (C=O) groups excluding carboxylic acids is 1. The molecular weight excluding hydrogens is 456 g/mol. The van der Waals surface area contributed by atoms with Gasteiger partial charge in [0.15, 0.2) is 0 Å². The van der Waals surface area contributed by atoms with E-state index in [4.69, 9.17) is 4.52 Å². The second-order valence-electron chi connectivity index (χ2n) is 6.77. The lowest BCUT2D eigenvalue weighted by Gasteiger charge is -2.21. The highest BCUT2D eigenvalue weighted by molar-refractivity contribution is 9.10. The van der Waals surface area contributed by atoms with Crippen LogP contribution >= 0.6 is 15.9 Å². The second kappa shape index (κ2) is 9.75. The molecule has 2 aromatic carbocycles. The maximum absolute atomic E-state index is 14.1. The fraction of sp³-hybridized carbons (Fsp3) is 0.227. The van der Waals surface area contributed by atoms with Gasteiger partial charge >= 0.3 is 0 Å². The maximum Gasteiger partial charge on any atom is 0.227 e. The molecule has 0 spiro atoms. The van der Waals surface area contributed by atoms with Crippen molar-refractivity contribution in [2.24, 2.45) is 0 Å². The Morgan fingerprint density at radius 3 is 2.77 bits per heavy atom. The largest absolute Gasteiger partial charge is 0.339 e. The van der Waals surface area contributed by atoms with Crippen LogP contribution in [0.2, 0.25) is 0 Å². The number of halogens is 3. The molecule has 0 unspecified atom stereocenters. The van der Waals surface area contributed by atoms with Gasteiger partial charge in [0.25, 0.3) is 0 Å². The van der Waals surface area contributed by atoms with Crippen LogP contribution in [0.5, 0.6) is 0 Å². The van der Waals surface area contributed by atoms with Gasteiger partial charge in [-0.25, -0.2) is 8.78 Å². The quantitative estimate of drug-likeness (QED) is 0.418. The average molecular weight is 476 g/mol. The fourth-order valence-corrected chi connectivity index (χ4v) is 3.27. The van der Waals surface area contributed by atoms with Crippen LogP contribution in [0.15, 0.2) is 58.0 Å². The summed E-state index contributed by atoms with van der Waals surface area (Å²) in [7, 11) is 0. The van der Waals surface area contributed by atoms with Crippen LogP contribution in [-0.2, 0) is 17.8 Å². The monoisotopic (exact) mass is 475 g/mol. The molecule has 0 atom stereocenters. The number of nitrogens with zero attached hydrogens (tertiary/aromatic N) is 3.